The van der Waals surface area contributed by atoms with Gasteiger partial charge in [-0.05, 0) is 83.0 Å². The smallest absolute Gasteiger partial charge is 0.0469 e. The SMILES string of the molecule is CC(C)(CC(NCC1CCOCC1)c1ccccc1)c1ccc(I)cc1. The highest BCUT2D eigenvalue weighted by atomic mass is 127. The fourth-order valence-corrected chi connectivity index (χ4v) is 4.14. The van der Waals surface area contributed by atoms with Gasteiger partial charge in [0.05, 0.1) is 0 Å². The summed E-state index contributed by atoms with van der Waals surface area (Å²) in [6, 6.07) is 20.3. The van der Waals surface area contributed by atoms with E-state index in [9.17, 15) is 0 Å². The van der Waals surface area contributed by atoms with Crippen molar-refractivity contribution in [2.45, 2.75) is 44.6 Å². The van der Waals surface area contributed by atoms with Crippen molar-refractivity contribution in [3.05, 3.63) is 69.3 Å². The maximum absolute atomic E-state index is 5.51. The molecule has 1 unspecified atom stereocenters. The topological polar surface area (TPSA) is 21.3 Å². The molecule has 2 nitrogen and oxygen atoms in total. The van der Waals surface area contributed by atoms with Crippen LogP contribution < -0.4 is 5.32 Å². The molecule has 1 fully saturated rings. The number of ether oxygens (including phenoxy) is 1. The number of halogens is 1. The fraction of sp³-hybridized carbons (Fsp3) is 0.478. The van der Waals surface area contributed by atoms with Gasteiger partial charge in [0.15, 0.2) is 0 Å². The van der Waals surface area contributed by atoms with Gasteiger partial charge in [-0.1, -0.05) is 56.3 Å². The van der Waals surface area contributed by atoms with Crippen LogP contribution in [0.5, 0.6) is 0 Å². The first kappa shape index (κ1) is 19.8. The summed E-state index contributed by atoms with van der Waals surface area (Å²) in [6.07, 6.45) is 3.44. The van der Waals surface area contributed by atoms with Gasteiger partial charge in [0.25, 0.3) is 0 Å². The van der Waals surface area contributed by atoms with Gasteiger partial charge in [-0.25, -0.2) is 0 Å². The van der Waals surface area contributed by atoms with Crippen LogP contribution in [0.1, 0.15) is 50.3 Å². The van der Waals surface area contributed by atoms with Crippen LogP contribution in [0.25, 0.3) is 0 Å². The zero-order valence-electron chi connectivity index (χ0n) is 15.9. The van der Waals surface area contributed by atoms with Gasteiger partial charge < -0.3 is 10.1 Å². The molecule has 2 aromatic rings. The first-order valence-electron chi connectivity index (χ1n) is 9.67. The van der Waals surface area contributed by atoms with E-state index in [-0.39, 0.29) is 5.41 Å². The maximum atomic E-state index is 5.51. The van der Waals surface area contributed by atoms with Crippen molar-refractivity contribution in [1.29, 1.82) is 0 Å². The minimum absolute atomic E-state index is 0.119. The molecule has 3 heteroatoms. The van der Waals surface area contributed by atoms with Crippen LogP contribution in [0.4, 0.5) is 0 Å². The van der Waals surface area contributed by atoms with Crippen LogP contribution in [-0.2, 0) is 10.2 Å². The third-order valence-electron chi connectivity index (χ3n) is 5.54. The van der Waals surface area contributed by atoms with Crippen LogP contribution >= 0.6 is 22.6 Å². The summed E-state index contributed by atoms with van der Waals surface area (Å²) < 4.78 is 6.80. The van der Waals surface area contributed by atoms with Gasteiger partial charge >= 0.3 is 0 Å². The van der Waals surface area contributed by atoms with Crippen LogP contribution in [0.15, 0.2) is 54.6 Å². The Kier molecular flexibility index (Phi) is 7.12. The van der Waals surface area contributed by atoms with E-state index in [0.717, 1.165) is 32.1 Å². The van der Waals surface area contributed by atoms with Gasteiger partial charge in [0, 0.05) is 22.8 Å². The van der Waals surface area contributed by atoms with E-state index in [4.69, 9.17) is 4.74 Å². The van der Waals surface area contributed by atoms with Crippen LogP contribution in [0.2, 0.25) is 0 Å². The molecule has 0 saturated carbocycles. The Labute approximate surface area is 171 Å². The van der Waals surface area contributed by atoms with Crippen molar-refractivity contribution < 1.29 is 4.74 Å². The summed E-state index contributed by atoms with van der Waals surface area (Å²) in [5.74, 6) is 0.733. The molecular formula is C23H30INO. The molecule has 3 rings (SSSR count). The van der Waals surface area contributed by atoms with Crippen LogP contribution in [0, 0.1) is 9.49 Å². The Balaban J connectivity index is 1.73. The molecule has 0 radical (unpaired) electrons. The molecule has 0 aromatic heterocycles. The van der Waals surface area contributed by atoms with E-state index in [2.05, 4.69) is 96.4 Å². The van der Waals surface area contributed by atoms with Gasteiger partial charge in [0.1, 0.15) is 0 Å². The van der Waals surface area contributed by atoms with Gasteiger partial charge in [-0.2, -0.15) is 0 Å². The first-order valence-corrected chi connectivity index (χ1v) is 10.7. The predicted molar refractivity (Wildman–Crippen MR) is 118 cm³/mol. The van der Waals surface area contributed by atoms with Crippen molar-refractivity contribution in [2.75, 3.05) is 19.8 Å². The second kappa shape index (κ2) is 9.34. The lowest BCUT2D eigenvalue weighted by Crippen LogP contribution is -2.34. The summed E-state index contributed by atoms with van der Waals surface area (Å²) in [4.78, 5) is 0. The molecule has 1 saturated heterocycles. The molecule has 2 aromatic carbocycles. The Morgan fingerprint density at radius 1 is 1.04 bits per heavy atom. The van der Waals surface area contributed by atoms with E-state index in [1.54, 1.807) is 0 Å². The molecule has 0 spiro atoms. The van der Waals surface area contributed by atoms with E-state index in [0.29, 0.717) is 6.04 Å². The lowest BCUT2D eigenvalue weighted by atomic mass is 9.77. The largest absolute Gasteiger partial charge is 0.381 e. The van der Waals surface area contributed by atoms with Crippen molar-refractivity contribution in [3.63, 3.8) is 0 Å². The van der Waals surface area contributed by atoms with Crippen LogP contribution in [-0.4, -0.2) is 19.8 Å². The Bertz CT molecular complexity index is 662. The zero-order chi connectivity index (χ0) is 18.4. The highest BCUT2D eigenvalue weighted by Gasteiger charge is 2.27. The number of hydrogen-bond donors (Lipinski definition) is 1. The summed E-state index contributed by atoms with van der Waals surface area (Å²) in [5, 5.41) is 3.89. The molecule has 1 atom stereocenters. The number of hydrogen-bond acceptors (Lipinski definition) is 2. The standard InChI is InChI=1S/C23H30INO/c1-23(2,20-8-10-21(24)11-9-20)16-22(19-6-4-3-5-7-19)25-17-18-12-14-26-15-13-18/h3-11,18,22,25H,12-17H2,1-2H3. The van der Waals surface area contributed by atoms with E-state index in [1.807, 2.05) is 0 Å². The molecular weight excluding hydrogens is 433 g/mol. The number of nitrogens with one attached hydrogen (secondary N) is 1. The highest BCUT2D eigenvalue weighted by molar-refractivity contribution is 14.1. The summed E-state index contributed by atoms with van der Waals surface area (Å²) in [6.45, 7) is 7.63. The molecule has 1 heterocycles. The van der Waals surface area contributed by atoms with Gasteiger partial charge in [0.2, 0.25) is 0 Å². The third-order valence-corrected chi connectivity index (χ3v) is 6.26. The van der Waals surface area contributed by atoms with Crippen molar-refractivity contribution in [2.24, 2.45) is 5.92 Å². The number of rotatable bonds is 7. The van der Waals surface area contributed by atoms with Gasteiger partial charge in [-0.3, -0.25) is 0 Å². The lowest BCUT2D eigenvalue weighted by Gasteiger charge is -2.33. The number of benzene rings is 2. The molecule has 0 amide bonds. The summed E-state index contributed by atoms with van der Waals surface area (Å²) >= 11 is 2.37. The fourth-order valence-electron chi connectivity index (χ4n) is 3.78. The monoisotopic (exact) mass is 463 g/mol. The normalized spacial score (nSPS) is 17.2. The minimum atomic E-state index is 0.119. The molecule has 140 valence electrons. The van der Waals surface area contributed by atoms with E-state index in [1.165, 1.54) is 27.5 Å². The second-order valence-corrected chi connectivity index (χ2v) is 9.27. The first-order chi connectivity index (χ1) is 12.5. The highest BCUT2D eigenvalue weighted by Crippen LogP contribution is 2.34. The quantitative estimate of drug-likeness (QED) is 0.531. The average molecular weight is 463 g/mol. The minimum Gasteiger partial charge on any atom is -0.381 e. The molecule has 26 heavy (non-hydrogen) atoms. The van der Waals surface area contributed by atoms with Gasteiger partial charge in [-0.15, -0.1) is 0 Å². The molecule has 0 bridgehead atoms. The summed E-state index contributed by atoms with van der Waals surface area (Å²) in [5.41, 5.74) is 2.91. The van der Waals surface area contributed by atoms with Crippen molar-refractivity contribution in [3.8, 4) is 0 Å². The summed E-state index contributed by atoms with van der Waals surface area (Å²) in [7, 11) is 0. The van der Waals surface area contributed by atoms with Crippen LogP contribution in [0.3, 0.4) is 0 Å². The molecule has 1 N–H and O–H groups in total. The Morgan fingerprint density at radius 3 is 2.35 bits per heavy atom. The van der Waals surface area contributed by atoms with E-state index < -0.39 is 0 Å². The van der Waals surface area contributed by atoms with Crippen molar-refractivity contribution in [1.82, 2.24) is 5.32 Å². The molecule has 1 aliphatic rings. The lowest BCUT2D eigenvalue weighted by molar-refractivity contribution is 0.0651. The average Bonchev–Trinajstić information content (AvgIpc) is 2.67. The maximum Gasteiger partial charge on any atom is 0.0469 e. The molecule has 1 aliphatic heterocycles. The Hall–Kier alpha value is -0.910. The zero-order valence-corrected chi connectivity index (χ0v) is 18.0. The molecule has 0 aliphatic carbocycles. The third kappa shape index (κ3) is 5.54. The second-order valence-electron chi connectivity index (χ2n) is 8.02. The predicted octanol–water partition coefficient (Wildman–Crippen LogP) is 5.72. The van der Waals surface area contributed by atoms with E-state index >= 15 is 0 Å². The Morgan fingerprint density at radius 2 is 1.69 bits per heavy atom. The van der Waals surface area contributed by atoms with Crippen molar-refractivity contribution >= 4 is 22.6 Å².